The quantitative estimate of drug-likeness (QED) is 0.349. The molecule has 4 rings (SSSR count). The van der Waals surface area contributed by atoms with Crippen LogP contribution >= 0.6 is 27.3 Å². The average molecular weight is 606 g/mol. The minimum atomic E-state index is -3.60. The van der Waals surface area contributed by atoms with Gasteiger partial charge in [-0.1, -0.05) is 48.0 Å². The van der Waals surface area contributed by atoms with Crippen LogP contribution in [0.3, 0.4) is 0 Å². The molecular formula is C27H33BrN4O3S2. The molecule has 10 heteroatoms. The zero-order chi connectivity index (χ0) is 26.6. The smallest absolute Gasteiger partial charge is 0.321 e. The molecule has 1 aliphatic rings. The lowest BCUT2D eigenvalue weighted by atomic mass is 10.2. The first-order valence-electron chi connectivity index (χ1n) is 12.4. The van der Waals surface area contributed by atoms with Crippen LogP contribution in [0.15, 0.2) is 64.0 Å². The number of halogens is 1. The number of piperazine rings is 1. The van der Waals surface area contributed by atoms with Crippen molar-refractivity contribution in [2.24, 2.45) is 0 Å². The highest BCUT2D eigenvalue weighted by molar-refractivity contribution is 9.10. The first-order chi connectivity index (χ1) is 17.7. The summed E-state index contributed by atoms with van der Waals surface area (Å²) in [5.74, 6) is 0. The molecule has 0 aliphatic carbocycles. The van der Waals surface area contributed by atoms with Crippen molar-refractivity contribution in [3.8, 4) is 10.4 Å². The van der Waals surface area contributed by atoms with Crippen LogP contribution in [0.2, 0.25) is 0 Å². The van der Waals surface area contributed by atoms with Gasteiger partial charge in [0.15, 0.2) is 0 Å². The number of benzene rings is 2. The molecule has 1 aromatic heterocycles. The lowest BCUT2D eigenvalue weighted by Crippen LogP contribution is -2.49. The lowest BCUT2D eigenvalue weighted by molar-refractivity contribution is 0.143. The molecule has 0 unspecified atom stereocenters. The fraction of sp³-hybridized carbons (Fsp3) is 0.370. The molecule has 0 saturated carbocycles. The number of rotatable bonds is 8. The van der Waals surface area contributed by atoms with Crippen molar-refractivity contribution in [1.82, 2.24) is 14.1 Å². The Morgan fingerprint density at radius 3 is 2.32 bits per heavy atom. The monoisotopic (exact) mass is 604 g/mol. The maximum absolute atomic E-state index is 13.0. The number of urea groups is 1. The molecule has 0 atom stereocenters. The fourth-order valence-electron chi connectivity index (χ4n) is 4.36. The summed E-state index contributed by atoms with van der Waals surface area (Å²) in [4.78, 5) is 19.9. The van der Waals surface area contributed by atoms with E-state index in [1.807, 2.05) is 20.8 Å². The standard InChI is InChI=1S/C27H33BrN4O3S2/c1-4-32(5-2)37(34,35)24-12-6-20(3)25(18-24)29-27(33)31-16-14-30(15-17-31)19-23-11-13-26(36-23)21-7-9-22(28)10-8-21/h6-13,18H,4-5,14-17,19H2,1-3H3,(H,29,33). The fourth-order valence-corrected chi connectivity index (χ4v) is 7.17. The highest BCUT2D eigenvalue weighted by atomic mass is 79.9. The number of hydrogen-bond acceptors (Lipinski definition) is 5. The van der Waals surface area contributed by atoms with E-state index in [0.29, 0.717) is 31.9 Å². The third-order valence-electron chi connectivity index (χ3n) is 6.62. The maximum atomic E-state index is 13.0. The second kappa shape index (κ2) is 12.1. The molecule has 1 saturated heterocycles. The Bertz CT molecular complexity index is 1330. The van der Waals surface area contributed by atoms with Crippen molar-refractivity contribution in [2.45, 2.75) is 32.2 Å². The molecular weight excluding hydrogens is 572 g/mol. The molecule has 1 N–H and O–H groups in total. The molecule has 0 spiro atoms. The van der Waals surface area contributed by atoms with Crippen LogP contribution in [0, 0.1) is 6.92 Å². The van der Waals surface area contributed by atoms with Crippen LogP contribution in [-0.2, 0) is 16.6 Å². The zero-order valence-corrected chi connectivity index (χ0v) is 24.6. The summed E-state index contributed by atoms with van der Waals surface area (Å²) < 4.78 is 28.3. The van der Waals surface area contributed by atoms with Gasteiger partial charge in [-0.3, -0.25) is 4.90 Å². The van der Waals surface area contributed by atoms with E-state index in [1.54, 1.807) is 34.4 Å². The minimum Gasteiger partial charge on any atom is -0.322 e. The summed E-state index contributed by atoms with van der Waals surface area (Å²) in [5.41, 5.74) is 2.56. The molecule has 2 amide bonds. The number of nitrogens with one attached hydrogen (secondary N) is 1. The van der Waals surface area contributed by atoms with Crippen LogP contribution in [0.25, 0.3) is 10.4 Å². The van der Waals surface area contributed by atoms with Crippen molar-refractivity contribution in [3.05, 3.63) is 69.5 Å². The summed E-state index contributed by atoms with van der Waals surface area (Å²) >= 11 is 5.29. The molecule has 2 heterocycles. The Hall–Kier alpha value is -2.24. The van der Waals surface area contributed by atoms with Gasteiger partial charge in [-0.15, -0.1) is 11.3 Å². The Morgan fingerprint density at radius 2 is 1.68 bits per heavy atom. The maximum Gasteiger partial charge on any atom is 0.321 e. The number of anilines is 1. The van der Waals surface area contributed by atoms with E-state index < -0.39 is 10.0 Å². The number of amides is 2. The Labute approximate surface area is 232 Å². The molecule has 0 radical (unpaired) electrons. The Morgan fingerprint density at radius 1 is 1.00 bits per heavy atom. The number of carbonyl (C=O) groups is 1. The normalized spacial score (nSPS) is 14.8. The van der Waals surface area contributed by atoms with E-state index in [-0.39, 0.29) is 10.9 Å². The second-order valence-electron chi connectivity index (χ2n) is 9.03. The van der Waals surface area contributed by atoms with Gasteiger partial charge in [0.1, 0.15) is 0 Å². The van der Waals surface area contributed by atoms with Crippen LogP contribution in [-0.4, -0.2) is 67.8 Å². The topological polar surface area (TPSA) is 73.0 Å². The van der Waals surface area contributed by atoms with Crippen molar-refractivity contribution >= 4 is 49.0 Å². The summed E-state index contributed by atoms with van der Waals surface area (Å²) in [6.07, 6.45) is 0. The minimum absolute atomic E-state index is 0.195. The van der Waals surface area contributed by atoms with Gasteiger partial charge >= 0.3 is 6.03 Å². The number of thiophene rings is 1. The van der Waals surface area contributed by atoms with Gasteiger partial charge in [-0.25, -0.2) is 13.2 Å². The molecule has 3 aromatic rings. The number of aryl methyl sites for hydroxylation is 1. The van der Waals surface area contributed by atoms with Gasteiger partial charge in [0.05, 0.1) is 4.90 Å². The molecule has 1 aliphatic heterocycles. The number of sulfonamides is 1. The number of carbonyl (C=O) groups excluding carboxylic acids is 1. The second-order valence-corrected chi connectivity index (χ2v) is 13.1. The Kier molecular flexibility index (Phi) is 9.07. The molecule has 1 fully saturated rings. The van der Waals surface area contributed by atoms with Crippen molar-refractivity contribution in [3.63, 3.8) is 0 Å². The Balaban J connectivity index is 1.34. The van der Waals surface area contributed by atoms with Gasteiger partial charge in [-0.2, -0.15) is 4.31 Å². The van der Waals surface area contributed by atoms with Gasteiger partial charge in [0.2, 0.25) is 10.0 Å². The number of nitrogens with zero attached hydrogens (tertiary/aromatic N) is 3. The predicted octanol–water partition coefficient (Wildman–Crippen LogP) is 5.87. The molecule has 0 bridgehead atoms. The third-order valence-corrected chi connectivity index (χ3v) is 10.3. The van der Waals surface area contributed by atoms with E-state index in [4.69, 9.17) is 0 Å². The first-order valence-corrected chi connectivity index (χ1v) is 15.5. The van der Waals surface area contributed by atoms with Gasteiger partial charge < -0.3 is 10.2 Å². The molecule has 2 aromatic carbocycles. The first kappa shape index (κ1) is 27.8. The van der Waals surface area contributed by atoms with Crippen LogP contribution in [0.4, 0.5) is 10.5 Å². The van der Waals surface area contributed by atoms with E-state index in [0.717, 1.165) is 29.7 Å². The van der Waals surface area contributed by atoms with E-state index >= 15 is 0 Å². The van der Waals surface area contributed by atoms with Crippen LogP contribution in [0.1, 0.15) is 24.3 Å². The highest BCUT2D eigenvalue weighted by Crippen LogP contribution is 2.30. The zero-order valence-electron chi connectivity index (χ0n) is 21.4. The SMILES string of the molecule is CCN(CC)S(=O)(=O)c1ccc(C)c(NC(=O)N2CCN(Cc3ccc(-c4ccc(Br)cc4)s3)CC2)c1. The predicted molar refractivity (Wildman–Crippen MR) is 155 cm³/mol. The highest BCUT2D eigenvalue weighted by Gasteiger charge is 2.25. The summed E-state index contributed by atoms with van der Waals surface area (Å²) in [6, 6.07) is 17.4. The molecule has 7 nitrogen and oxygen atoms in total. The van der Waals surface area contributed by atoms with Gasteiger partial charge in [0, 0.05) is 65.7 Å². The summed E-state index contributed by atoms with van der Waals surface area (Å²) in [5, 5.41) is 2.94. The average Bonchev–Trinajstić information content (AvgIpc) is 3.35. The van der Waals surface area contributed by atoms with E-state index in [1.165, 1.54) is 19.6 Å². The van der Waals surface area contributed by atoms with E-state index in [9.17, 15) is 13.2 Å². The molecule has 37 heavy (non-hydrogen) atoms. The van der Waals surface area contributed by atoms with Crippen LogP contribution < -0.4 is 5.32 Å². The third kappa shape index (κ3) is 6.61. The van der Waals surface area contributed by atoms with Gasteiger partial charge in [-0.05, 0) is 54.4 Å². The number of hydrogen-bond donors (Lipinski definition) is 1. The van der Waals surface area contributed by atoms with Crippen molar-refractivity contribution in [1.29, 1.82) is 0 Å². The van der Waals surface area contributed by atoms with Gasteiger partial charge in [0.25, 0.3) is 0 Å². The van der Waals surface area contributed by atoms with Crippen molar-refractivity contribution in [2.75, 3.05) is 44.6 Å². The summed E-state index contributed by atoms with van der Waals surface area (Å²) in [7, 11) is -3.60. The lowest BCUT2D eigenvalue weighted by Gasteiger charge is -2.34. The van der Waals surface area contributed by atoms with Crippen molar-refractivity contribution < 1.29 is 13.2 Å². The largest absolute Gasteiger partial charge is 0.322 e. The van der Waals surface area contributed by atoms with Crippen LogP contribution in [0.5, 0.6) is 0 Å². The van der Waals surface area contributed by atoms with E-state index in [2.05, 4.69) is 62.5 Å². The molecule has 198 valence electrons. The summed E-state index contributed by atoms with van der Waals surface area (Å²) in [6.45, 7) is 9.97.